The molecule has 2 nitrogen and oxygen atoms in total. The summed E-state index contributed by atoms with van der Waals surface area (Å²) in [6, 6.07) is 10.4. The van der Waals surface area contributed by atoms with Gasteiger partial charge in [-0.1, -0.05) is 23.7 Å². The molecule has 0 atom stereocenters. The van der Waals surface area contributed by atoms with Crippen molar-refractivity contribution < 1.29 is 8.78 Å². The maximum absolute atomic E-state index is 13.7. The molecule has 0 aliphatic heterocycles. The summed E-state index contributed by atoms with van der Waals surface area (Å²) >= 11 is 5.67. The first-order valence-corrected chi connectivity index (χ1v) is 5.86. The Morgan fingerprint density at radius 3 is 2.74 bits per heavy atom. The molecule has 0 spiro atoms. The second-order valence-electron chi connectivity index (χ2n) is 3.87. The molecular weight excluding hydrogens is 270 g/mol. The minimum atomic E-state index is -0.503. The lowest BCUT2D eigenvalue weighted by molar-refractivity contribution is 0.613. The molecule has 5 heteroatoms. The molecule has 96 valence electrons. The molecule has 0 radical (unpaired) electrons. The number of hydrogen-bond donors (Lipinski definition) is 1. The molecule has 0 aliphatic rings. The molecule has 19 heavy (non-hydrogen) atoms. The maximum Gasteiger partial charge on any atom is 0.146 e. The zero-order valence-electron chi connectivity index (χ0n) is 9.75. The zero-order valence-corrected chi connectivity index (χ0v) is 10.5. The van der Waals surface area contributed by atoms with Crippen molar-refractivity contribution in [3.63, 3.8) is 0 Å². The van der Waals surface area contributed by atoms with Crippen LogP contribution in [0.2, 0.25) is 5.02 Å². The molecule has 0 amide bonds. The van der Waals surface area contributed by atoms with Crippen LogP contribution in [0.25, 0.3) is 0 Å². The highest BCUT2D eigenvalue weighted by Gasteiger charge is 2.08. The predicted octanol–water partition coefficient (Wildman–Crippen LogP) is 4.10. The van der Waals surface area contributed by atoms with E-state index >= 15 is 0 Å². The van der Waals surface area contributed by atoms with Gasteiger partial charge < -0.3 is 5.32 Å². The minimum Gasteiger partial charge on any atom is -0.380 e. The predicted molar refractivity (Wildman–Crippen MR) is 69.9 cm³/mol. The molecule has 2 aromatic carbocycles. The van der Waals surface area contributed by atoms with Gasteiger partial charge in [0.05, 0.1) is 16.3 Å². The molecule has 0 saturated carbocycles. The molecular formula is C14H9ClF2N2. The van der Waals surface area contributed by atoms with Crippen LogP contribution in [0.5, 0.6) is 0 Å². The summed E-state index contributed by atoms with van der Waals surface area (Å²) < 4.78 is 26.6. The Kier molecular flexibility index (Phi) is 3.98. The van der Waals surface area contributed by atoms with E-state index in [4.69, 9.17) is 16.9 Å². The summed E-state index contributed by atoms with van der Waals surface area (Å²) in [5.41, 5.74) is 0.992. The van der Waals surface area contributed by atoms with Gasteiger partial charge in [-0.05, 0) is 24.3 Å². The lowest BCUT2D eigenvalue weighted by Crippen LogP contribution is -2.03. The largest absolute Gasteiger partial charge is 0.380 e. The van der Waals surface area contributed by atoms with E-state index in [1.807, 2.05) is 6.07 Å². The van der Waals surface area contributed by atoms with Gasteiger partial charge in [0, 0.05) is 12.1 Å². The third kappa shape index (κ3) is 3.01. The van der Waals surface area contributed by atoms with Crippen LogP contribution in [0.15, 0.2) is 36.4 Å². The van der Waals surface area contributed by atoms with Crippen molar-refractivity contribution in [2.75, 3.05) is 5.32 Å². The van der Waals surface area contributed by atoms with Gasteiger partial charge >= 0.3 is 0 Å². The Morgan fingerprint density at radius 1 is 1.21 bits per heavy atom. The van der Waals surface area contributed by atoms with Gasteiger partial charge in [0.1, 0.15) is 17.7 Å². The molecule has 0 bridgehead atoms. The molecule has 2 aromatic rings. The average molecular weight is 279 g/mol. The number of nitrogens with one attached hydrogen (secondary N) is 1. The average Bonchev–Trinajstić information content (AvgIpc) is 2.41. The summed E-state index contributed by atoms with van der Waals surface area (Å²) in [6.45, 7) is 0.159. The lowest BCUT2D eigenvalue weighted by atomic mass is 10.1. The Morgan fingerprint density at radius 2 is 2.00 bits per heavy atom. The molecule has 0 saturated heterocycles. The van der Waals surface area contributed by atoms with Gasteiger partial charge in [-0.25, -0.2) is 8.78 Å². The van der Waals surface area contributed by atoms with Crippen LogP contribution in [-0.4, -0.2) is 0 Å². The Hall–Kier alpha value is -2.12. The number of nitrogens with zero attached hydrogens (tertiary/aromatic N) is 1. The number of nitriles is 1. The summed E-state index contributed by atoms with van der Waals surface area (Å²) in [7, 11) is 0. The van der Waals surface area contributed by atoms with Crippen LogP contribution in [0.4, 0.5) is 14.5 Å². The lowest BCUT2D eigenvalue weighted by Gasteiger charge is -2.09. The Labute approximate surface area is 114 Å². The number of halogens is 3. The van der Waals surface area contributed by atoms with Crippen LogP contribution >= 0.6 is 11.6 Å². The van der Waals surface area contributed by atoms with Crippen molar-refractivity contribution in [3.8, 4) is 6.07 Å². The normalized spacial score (nSPS) is 10.0. The SMILES string of the molecule is N#Cc1cc(F)ccc1NCc1cccc(Cl)c1F. The van der Waals surface area contributed by atoms with E-state index in [2.05, 4.69) is 5.32 Å². The number of hydrogen-bond acceptors (Lipinski definition) is 2. The van der Waals surface area contributed by atoms with E-state index in [-0.39, 0.29) is 17.1 Å². The standard InChI is InChI=1S/C14H9ClF2N2/c15-12-3-1-2-9(14(12)17)8-19-13-5-4-11(16)6-10(13)7-18/h1-6,19H,8H2. The monoisotopic (exact) mass is 278 g/mol. The fourth-order valence-corrected chi connectivity index (χ4v) is 1.83. The zero-order chi connectivity index (χ0) is 13.8. The van der Waals surface area contributed by atoms with E-state index in [9.17, 15) is 8.78 Å². The van der Waals surface area contributed by atoms with Crippen LogP contribution < -0.4 is 5.32 Å². The van der Waals surface area contributed by atoms with Gasteiger partial charge in [-0.2, -0.15) is 5.26 Å². The van der Waals surface area contributed by atoms with Crippen molar-refractivity contribution >= 4 is 17.3 Å². The second kappa shape index (κ2) is 5.68. The van der Waals surface area contributed by atoms with Crippen molar-refractivity contribution in [2.24, 2.45) is 0 Å². The first-order chi connectivity index (χ1) is 9.11. The molecule has 0 aromatic heterocycles. The molecule has 1 N–H and O–H groups in total. The second-order valence-corrected chi connectivity index (χ2v) is 4.28. The summed E-state index contributed by atoms with van der Waals surface area (Å²) in [5, 5.41) is 11.8. The van der Waals surface area contributed by atoms with Crippen LogP contribution in [0, 0.1) is 23.0 Å². The quantitative estimate of drug-likeness (QED) is 0.917. The molecule has 0 heterocycles. The van der Waals surface area contributed by atoms with Gasteiger partial charge in [0.15, 0.2) is 0 Å². The maximum atomic E-state index is 13.7. The van der Waals surface area contributed by atoms with Crippen molar-refractivity contribution in [1.29, 1.82) is 5.26 Å². The van der Waals surface area contributed by atoms with E-state index in [0.29, 0.717) is 11.3 Å². The molecule has 0 fully saturated rings. The highest BCUT2D eigenvalue weighted by Crippen LogP contribution is 2.21. The van der Waals surface area contributed by atoms with Gasteiger partial charge in [0.2, 0.25) is 0 Å². The molecule has 0 aliphatic carbocycles. The third-order valence-corrected chi connectivity index (χ3v) is 2.89. The third-order valence-electron chi connectivity index (χ3n) is 2.60. The van der Waals surface area contributed by atoms with E-state index < -0.39 is 11.6 Å². The van der Waals surface area contributed by atoms with Crippen LogP contribution in [0.3, 0.4) is 0 Å². The van der Waals surface area contributed by atoms with Gasteiger partial charge in [0.25, 0.3) is 0 Å². The summed E-state index contributed by atoms with van der Waals surface area (Å²) in [5.74, 6) is -0.992. The number of rotatable bonds is 3. The first-order valence-electron chi connectivity index (χ1n) is 5.48. The fraction of sp³-hybridized carbons (Fsp3) is 0.0714. The summed E-state index contributed by atoms with van der Waals surface area (Å²) in [6.07, 6.45) is 0. The van der Waals surface area contributed by atoms with Crippen LogP contribution in [0.1, 0.15) is 11.1 Å². The van der Waals surface area contributed by atoms with E-state index in [1.54, 1.807) is 12.1 Å². The fourth-order valence-electron chi connectivity index (χ4n) is 1.64. The highest BCUT2D eigenvalue weighted by molar-refractivity contribution is 6.30. The molecule has 0 unspecified atom stereocenters. The first kappa shape index (κ1) is 13.3. The minimum absolute atomic E-state index is 0.0407. The Bertz CT molecular complexity index is 650. The van der Waals surface area contributed by atoms with Gasteiger partial charge in [-0.3, -0.25) is 0 Å². The summed E-state index contributed by atoms with van der Waals surface area (Å²) in [4.78, 5) is 0. The van der Waals surface area contributed by atoms with Crippen molar-refractivity contribution in [3.05, 3.63) is 64.2 Å². The van der Waals surface area contributed by atoms with E-state index in [0.717, 1.165) is 6.07 Å². The molecule has 2 rings (SSSR count). The highest BCUT2D eigenvalue weighted by atomic mass is 35.5. The van der Waals surface area contributed by atoms with E-state index in [1.165, 1.54) is 18.2 Å². The van der Waals surface area contributed by atoms with Crippen molar-refractivity contribution in [1.82, 2.24) is 0 Å². The number of benzene rings is 2. The number of anilines is 1. The topological polar surface area (TPSA) is 35.8 Å². The van der Waals surface area contributed by atoms with Crippen molar-refractivity contribution in [2.45, 2.75) is 6.54 Å². The van der Waals surface area contributed by atoms with Crippen LogP contribution in [-0.2, 0) is 6.54 Å². The van der Waals surface area contributed by atoms with Gasteiger partial charge in [-0.15, -0.1) is 0 Å². The Balaban J connectivity index is 2.20. The smallest absolute Gasteiger partial charge is 0.146 e.